The molecule has 3 aromatic rings. The minimum absolute atomic E-state index is 0.498. The van der Waals surface area contributed by atoms with Gasteiger partial charge in [-0.2, -0.15) is 0 Å². The van der Waals surface area contributed by atoms with Crippen LogP contribution in [0.2, 0.25) is 0 Å². The van der Waals surface area contributed by atoms with E-state index in [0.29, 0.717) is 13.2 Å². The van der Waals surface area contributed by atoms with E-state index in [1.165, 1.54) is 11.1 Å². The highest BCUT2D eigenvalue weighted by Gasteiger charge is 2.15. The molecule has 30 heavy (non-hydrogen) atoms. The number of nitrogens with one attached hydrogen (secondary N) is 1. The average molecular weight is 470 g/mol. The van der Waals surface area contributed by atoms with E-state index < -0.39 is 0 Å². The fourth-order valence-electron chi connectivity index (χ4n) is 3.23. The summed E-state index contributed by atoms with van der Waals surface area (Å²) in [5.41, 5.74) is 4.70. The molecule has 5 heteroatoms. The van der Waals surface area contributed by atoms with Crippen molar-refractivity contribution in [3.8, 4) is 17.2 Å². The molecule has 158 valence electrons. The van der Waals surface area contributed by atoms with Crippen molar-refractivity contribution < 1.29 is 14.2 Å². The molecule has 0 aromatic heterocycles. The summed E-state index contributed by atoms with van der Waals surface area (Å²) in [5.74, 6) is 2.38. The molecule has 0 amide bonds. The van der Waals surface area contributed by atoms with Crippen LogP contribution in [0.5, 0.6) is 17.2 Å². The summed E-state index contributed by atoms with van der Waals surface area (Å²) in [6.45, 7) is 4.13. The van der Waals surface area contributed by atoms with Crippen molar-refractivity contribution in [1.82, 2.24) is 5.32 Å². The fraction of sp³-hybridized carbons (Fsp3) is 0.280. The molecule has 0 atom stereocenters. The molecule has 3 aromatic carbocycles. The Morgan fingerprint density at radius 1 is 0.900 bits per heavy atom. The van der Waals surface area contributed by atoms with E-state index in [4.69, 9.17) is 14.2 Å². The normalized spacial score (nSPS) is 10.7. The van der Waals surface area contributed by atoms with Crippen molar-refractivity contribution in [2.24, 2.45) is 0 Å². The SMILES string of the molecule is COc1ccc(CCNCc2c(Br)ccc(OC)c2OCc2ccccc2C)cc1. The van der Waals surface area contributed by atoms with Crippen LogP contribution >= 0.6 is 15.9 Å². The van der Waals surface area contributed by atoms with E-state index >= 15 is 0 Å². The summed E-state index contributed by atoms with van der Waals surface area (Å²) < 4.78 is 18.0. The molecule has 0 saturated carbocycles. The van der Waals surface area contributed by atoms with E-state index in [1.807, 2.05) is 36.4 Å². The van der Waals surface area contributed by atoms with Gasteiger partial charge in [0, 0.05) is 16.6 Å². The zero-order valence-corrected chi connectivity index (χ0v) is 19.3. The van der Waals surface area contributed by atoms with Gasteiger partial charge in [-0.15, -0.1) is 0 Å². The molecule has 4 nitrogen and oxygen atoms in total. The Labute approximate surface area is 187 Å². The third-order valence-corrected chi connectivity index (χ3v) is 5.81. The Kier molecular flexibility index (Phi) is 8.17. The maximum absolute atomic E-state index is 6.24. The highest BCUT2D eigenvalue weighted by Crippen LogP contribution is 2.37. The summed E-state index contributed by atoms with van der Waals surface area (Å²) in [7, 11) is 3.35. The Morgan fingerprint density at radius 3 is 2.37 bits per heavy atom. The van der Waals surface area contributed by atoms with Gasteiger partial charge in [0.25, 0.3) is 0 Å². The molecular formula is C25H28BrNO3. The van der Waals surface area contributed by atoms with Crippen LogP contribution in [0.1, 0.15) is 22.3 Å². The van der Waals surface area contributed by atoms with Crippen LogP contribution in [0.3, 0.4) is 0 Å². The number of benzene rings is 3. The van der Waals surface area contributed by atoms with Gasteiger partial charge in [0.05, 0.1) is 14.2 Å². The van der Waals surface area contributed by atoms with Crippen molar-refractivity contribution in [3.05, 3.63) is 87.4 Å². The Bertz CT molecular complexity index is 957. The molecule has 0 saturated heterocycles. The first-order valence-corrected chi connectivity index (χ1v) is 10.8. The monoisotopic (exact) mass is 469 g/mol. The van der Waals surface area contributed by atoms with Crippen LogP contribution in [0, 0.1) is 6.92 Å². The fourth-order valence-corrected chi connectivity index (χ4v) is 3.68. The maximum atomic E-state index is 6.24. The predicted octanol–water partition coefficient (Wildman–Crippen LogP) is 5.69. The highest BCUT2D eigenvalue weighted by atomic mass is 79.9. The molecule has 0 aliphatic heterocycles. The Balaban J connectivity index is 1.66. The number of methoxy groups -OCH3 is 2. The van der Waals surface area contributed by atoms with Crippen LogP contribution in [0.4, 0.5) is 0 Å². The largest absolute Gasteiger partial charge is 0.497 e. The second kappa shape index (κ2) is 11.0. The van der Waals surface area contributed by atoms with Gasteiger partial charge in [0.1, 0.15) is 12.4 Å². The van der Waals surface area contributed by atoms with Crippen LogP contribution in [0.25, 0.3) is 0 Å². The Morgan fingerprint density at radius 2 is 1.67 bits per heavy atom. The maximum Gasteiger partial charge on any atom is 0.167 e. The summed E-state index contributed by atoms with van der Waals surface area (Å²) in [6.07, 6.45) is 0.935. The first kappa shape index (κ1) is 22.2. The van der Waals surface area contributed by atoms with Gasteiger partial charge < -0.3 is 19.5 Å². The lowest BCUT2D eigenvalue weighted by Gasteiger charge is -2.18. The van der Waals surface area contributed by atoms with Crippen molar-refractivity contribution in [1.29, 1.82) is 0 Å². The van der Waals surface area contributed by atoms with Crippen molar-refractivity contribution in [2.75, 3.05) is 20.8 Å². The van der Waals surface area contributed by atoms with Crippen LogP contribution in [-0.4, -0.2) is 20.8 Å². The van der Waals surface area contributed by atoms with Crippen LogP contribution in [0.15, 0.2) is 65.1 Å². The summed E-state index contributed by atoms with van der Waals surface area (Å²) in [4.78, 5) is 0. The molecular weight excluding hydrogens is 442 g/mol. The summed E-state index contributed by atoms with van der Waals surface area (Å²) >= 11 is 3.67. The lowest BCUT2D eigenvalue weighted by Crippen LogP contribution is -2.18. The number of aryl methyl sites for hydroxylation is 1. The number of rotatable bonds is 10. The van der Waals surface area contributed by atoms with Crippen molar-refractivity contribution >= 4 is 15.9 Å². The van der Waals surface area contributed by atoms with Crippen LogP contribution in [-0.2, 0) is 19.6 Å². The molecule has 1 N–H and O–H groups in total. The van der Waals surface area contributed by atoms with Gasteiger partial charge in [-0.25, -0.2) is 0 Å². The number of halogens is 1. The molecule has 0 aliphatic carbocycles. The minimum Gasteiger partial charge on any atom is -0.497 e. The average Bonchev–Trinajstić information content (AvgIpc) is 2.77. The quantitative estimate of drug-likeness (QED) is 0.387. The second-order valence-corrected chi connectivity index (χ2v) is 7.90. The van der Waals surface area contributed by atoms with Gasteiger partial charge in [-0.1, -0.05) is 52.3 Å². The minimum atomic E-state index is 0.498. The summed E-state index contributed by atoms with van der Waals surface area (Å²) in [6, 6.07) is 20.4. The predicted molar refractivity (Wildman–Crippen MR) is 125 cm³/mol. The second-order valence-electron chi connectivity index (χ2n) is 7.05. The van der Waals surface area contributed by atoms with Gasteiger partial charge >= 0.3 is 0 Å². The lowest BCUT2D eigenvalue weighted by molar-refractivity contribution is 0.280. The van der Waals surface area contributed by atoms with Crippen LogP contribution < -0.4 is 19.5 Å². The third-order valence-electron chi connectivity index (χ3n) is 5.07. The van der Waals surface area contributed by atoms with E-state index in [0.717, 1.165) is 45.8 Å². The molecule has 0 unspecified atom stereocenters. The van der Waals surface area contributed by atoms with Gasteiger partial charge in [0.2, 0.25) is 0 Å². The van der Waals surface area contributed by atoms with E-state index in [2.05, 4.69) is 52.4 Å². The lowest BCUT2D eigenvalue weighted by atomic mass is 10.1. The molecule has 0 heterocycles. The topological polar surface area (TPSA) is 39.7 Å². The zero-order valence-electron chi connectivity index (χ0n) is 17.7. The molecule has 3 rings (SSSR count). The van der Waals surface area contributed by atoms with E-state index in [-0.39, 0.29) is 0 Å². The molecule has 0 radical (unpaired) electrons. The van der Waals surface area contributed by atoms with Gasteiger partial charge in [0.15, 0.2) is 11.5 Å². The standard InChI is InChI=1S/C25H28BrNO3/c1-18-6-4-5-7-20(18)17-30-25-22(23(26)12-13-24(25)29-3)16-27-15-14-19-8-10-21(28-2)11-9-19/h4-13,27H,14-17H2,1-3H3. The first-order valence-electron chi connectivity index (χ1n) is 9.98. The van der Waals surface area contributed by atoms with E-state index in [1.54, 1.807) is 14.2 Å². The first-order chi connectivity index (χ1) is 14.6. The Hall–Kier alpha value is -2.50. The van der Waals surface area contributed by atoms with Crippen molar-refractivity contribution in [2.45, 2.75) is 26.5 Å². The van der Waals surface area contributed by atoms with Crippen molar-refractivity contribution in [3.63, 3.8) is 0 Å². The van der Waals surface area contributed by atoms with Gasteiger partial charge in [-0.05, 0) is 60.8 Å². The highest BCUT2D eigenvalue weighted by molar-refractivity contribution is 9.10. The number of hydrogen-bond donors (Lipinski definition) is 1. The van der Waals surface area contributed by atoms with E-state index in [9.17, 15) is 0 Å². The number of ether oxygens (including phenoxy) is 3. The smallest absolute Gasteiger partial charge is 0.167 e. The summed E-state index contributed by atoms with van der Waals surface area (Å²) in [5, 5.41) is 3.52. The number of hydrogen-bond acceptors (Lipinski definition) is 4. The third kappa shape index (κ3) is 5.77. The molecule has 0 fully saturated rings. The molecule has 0 spiro atoms. The zero-order chi connectivity index (χ0) is 21.3. The molecule has 0 aliphatic rings. The van der Waals surface area contributed by atoms with Gasteiger partial charge in [-0.3, -0.25) is 0 Å². The molecule has 0 bridgehead atoms.